The lowest BCUT2D eigenvalue weighted by Gasteiger charge is -2.07. The summed E-state index contributed by atoms with van der Waals surface area (Å²) in [7, 11) is 0. The number of nitrogens with zero attached hydrogens (tertiary/aromatic N) is 2. The monoisotopic (exact) mass is 350 g/mol. The van der Waals surface area contributed by atoms with E-state index in [-0.39, 0.29) is 5.91 Å². The maximum Gasteiger partial charge on any atom is 0.277 e. The molecule has 3 nitrogen and oxygen atoms in total. The van der Waals surface area contributed by atoms with Crippen LogP contribution in [0.4, 0.5) is 0 Å². The SMILES string of the molecule is O=C(N=CCc1ccccc1)c1cc(-c2ccccc2)nc2ccccc12. The second kappa shape index (κ2) is 7.75. The van der Waals surface area contributed by atoms with E-state index in [1.165, 1.54) is 0 Å². The molecule has 0 saturated heterocycles. The summed E-state index contributed by atoms with van der Waals surface area (Å²) in [6, 6.07) is 29.4. The number of rotatable bonds is 4. The quantitative estimate of drug-likeness (QED) is 0.465. The number of para-hydroxylation sites is 1. The molecule has 1 aromatic heterocycles. The number of carbonyl (C=O) groups excluding carboxylic acids is 1. The van der Waals surface area contributed by atoms with Gasteiger partial charge in [0.25, 0.3) is 5.91 Å². The van der Waals surface area contributed by atoms with E-state index >= 15 is 0 Å². The summed E-state index contributed by atoms with van der Waals surface area (Å²) in [6.45, 7) is 0. The first-order chi connectivity index (χ1) is 13.3. The highest BCUT2D eigenvalue weighted by atomic mass is 16.1. The van der Waals surface area contributed by atoms with Crippen molar-refractivity contribution in [3.8, 4) is 11.3 Å². The van der Waals surface area contributed by atoms with Gasteiger partial charge in [-0.15, -0.1) is 0 Å². The van der Waals surface area contributed by atoms with Crippen LogP contribution < -0.4 is 0 Å². The minimum absolute atomic E-state index is 0.248. The van der Waals surface area contributed by atoms with Crippen LogP contribution in [0.2, 0.25) is 0 Å². The van der Waals surface area contributed by atoms with Crippen LogP contribution in [0.25, 0.3) is 22.2 Å². The Morgan fingerprint density at radius 1 is 0.852 bits per heavy atom. The van der Waals surface area contributed by atoms with Crippen molar-refractivity contribution in [2.75, 3.05) is 0 Å². The van der Waals surface area contributed by atoms with Crippen molar-refractivity contribution >= 4 is 23.0 Å². The molecule has 0 N–H and O–H groups in total. The molecule has 3 aromatic carbocycles. The number of pyridine rings is 1. The maximum atomic E-state index is 12.8. The van der Waals surface area contributed by atoms with Gasteiger partial charge in [0.05, 0.1) is 16.8 Å². The lowest BCUT2D eigenvalue weighted by Crippen LogP contribution is -2.00. The predicted octanol–water partition coefficient (Wildman–Crippen LogP) is 5.36. The average molecular weight is 350 g/mol. The molecule has 0 aliphatic carbocycles. The molecule has 0 aliphatic heterocycles. The van der Waals surface area contributed by atoms with E-state index in [0.717, 1.165) is 27.7 Å². The molecule has 0 atom stereocenters. The standard InChI is InChI=1S/C24H18N2O/c27-24(25-16-15-18-9-3-1-4-10-18)21-17-23(19-11-5-2-6-12-19)26-22-14-8-7-13-20(21)22/h1-14,16-17H,15H2. The number of fused-ring (bicyclic) bond motifs is 1. The van der Waals surface area contributed by atoms with Gasteiger partial charge < -0.3 is 0 Å². The first-order valence-electron chi connectivity index (χ1n) is 8.87. The summed E-state index contributed by atoms with van der Waals surface area (Å²) < 4.78 is 0. The van der Waals surface area contributed by atoms with Gasteiger partial charge in [-0.1, -0.05) is 78.9 Å². The molecule has 0 radical (unpaired) electrons. The van der Waals surface area contributed by atoms with Crippen LogP contribution in [0, 0.1) is 0 Å². The third-order valence-electron chi connectivity index (χ3n) is 4.39. The van der Waals surface area contributed by atoms with Gasteiger partial charge in [0.15, 0.2) is 0 Å². The minimum Gasteiger partial charge on any atom is -0.267 e. The molecule has 0 spiro atoms. The van der Waals surface area contributed by atoms with E-state index in [2.05, 4.69) is 4.99 Å². The van der Waals surface area contributed by atoms with Gasteiger partial charge in [-0.25, -0.2) is 9.98 Å². The third kappa shape index (κ3) is 3.82. The second-order valence-electron chi connectivity index (χ2n) is 6.24. The van der Waals surface area contributed by atoms with Crippen molar-refractivity contribution in [3.63, 3.8) is 0 Å². The third-order valence-corrected chi connectivity index (χ3v) is 4.39. The summed E-state index contributed by atoms with van der Waals surface area (Å²) in [5, 5.41) is 0.819. The van der Waals surface area contributed by atoms with Crippen LogP contribution in [-0.4, -0.2) is 17.1 Å². The van der Waals surface area contributed by atoms with Gasteiger partial charge in [0.1, 0.15) is 0 Å². The van der Waals surface area contributed by atoms with E-state index in [4.69, 9.17) is 4.98 Å². The Morgan fingerprint density at radius 2 is 1.52 bits per heavy atom. The van der Waals surface area contributed by atoms with E-state index in [0.29, 0.717) is 12.0 Å². The van der Waals surface area contributed by atoms with Crippen molar-refractivity contribution in [1.82, 2.24) is 4.98 Å². The van der Waals surface area contributed by atoms with E-state index < -0.39 is 0 Å². The Labute approximate surface area is 158 Å². The number of hydrogen-bond acceptors (Lipinski definition) is 2. The Hall–Kier alpha value is -3.59. The number of aromatic nitrogens is 1. The predicted molar refractivity (Wildman–Crippen MR) is 110 cm³/mol. The van der Waals surface area contributed by atoms with Gasteiger partial charge in [-0.05, 0) is 17.7 Å². The Balaban J connectivity index is 1.70. The molecule has 0 saturated carbocycles. The summed E-state index contributed by atoms with van der Waals surface area (Å²) >= 11 is 0. The zero-order chi connectivity index (χ0) is 18.5. The number of hydrogen-bond donors (Lipinski definition) is 0. The summed E-state index contributed by atoms with van der Waals surface area (Å²) in [5.41, 5.74) is 4.24. The van der Waals surface area contributed by atoms with Crippen molar-refractivity contribution in [2.24, 2.45) is 4.99 Å². The molecule has 4 aromatic rings. The van der Waals surface area contributed by atoms with E-state index in [9.17, 15) is 4.79 Å². The fourth-order valence-corrected chi connectivity index (χ4v) is 3.03. The Bertz CT molecular complexity index is 1100. The number of amides is 1. The van der Waals surface area contributed by atoms with Crippen LogP contribution in [0.15, 0.2) is 96.0 Å². The van der Waals surface area contributed by atoms with Gasteiger partial charge in [-0.3, -0.25) is 4.79 Å². The average Bonchev–Trinajstić information content (AvgIpc) is 2.74. The molecule has 4 rings (SSSR count). The minimum atomic E-state index is -0.248. The van der Waals surface area contributed by atoms with Crippen LogP contribution in [0.5, 0.6) is 0 Å². The first-order valence-corrected chi connectivity index (χ1v) is 8.87. The zero-order valence-corrected chi connectivity index (χ0v) is 14.7. The molecular weight excluding hydrogens is 332 g/mol. The van der Waals surface area contributed by atoms with Gasteiger partial charge in [0.2, 0.25) is 0 Å². The smallest absolute Gasteiger partial charge is 0.267 e. The number of benzene rings is 3. The maximum absolute atomic E-state index is 12.8. The molecule has 0 unspecified atom stereocenters. The van der Waals surface area contributed by atoms with Gasteiger partial charge in [-0.2, -0.15) is 0 Å². The second-order valence-corrected chi connectivity index (χ2v) is 6.24. The Kier molecular flexibility index (Phi) is 4.84. The lowest BCUT2D eigenvalue weighted by atomic mass is 10.0. The largest absolute Gasteiger partial charge is 0.277 e. The summed E-state index contributed by atoms with van der Waals surface area (Å²) in [5.74, 6) is -0.248. The molecule has 0 aliphatic rings. The topological polar surface area (TPSA) is 42.3 Å². The number of carbonyl (C=O) groups is 1. The van der Waals surface area contributed by atoms with Crippen molar-refractivity contribution in [3.05, 3.63) is 102 Å². The molecule has 27 heavy (non-hydrogen) atoms. The van der Waals surface area contributed by atoms with Crippen LogP contribution in [-0.2, 0) is 6.42 Å². The lowest BCUT2D eigenvalue weighted by molar-refractivity contribution is 0.100. The van der Waals surface area contributed by atoms with E-state index in [1.807, 2.05) is 91.0 Å². The van der Waals surface area contributed by atoms with Crippen molar-refractivity contribution < 1.29 is 4.79 Å². The molecule has 1 amide bonds. The highest BCUT2D eigenvalue weighted by Crippen LogP contribution is 2.25. The molecule has 130 valence electrons. The van der Waals surface area contributed by atoms with Crippen LogP contribution in [0.1, 0.15) is 15.9 Å². The van der Waals surface area contributed by atoms with Crippen LogP contribution >= 0.6 is 0 Å². The molecule has 1 heterocycles. The fourth-order valence-electron chi connectivity index (χ4n) is 3.03. The highest BCUT2D eigenvalue weighted by molar-refractivity contribution is 6.09. The molecular formula is C24H18N2O. The van der Waals surface area contributed by atoms with Gasteiger partial charge >= 0.3 is 0 Å². The van der Waals surface area contributed by atoms with Crippen LogP contribution in [0.3, 0.4) is 0 Å². The summed E-state index contributed by atoms with van der Waals surface area (Å²) in [6.07, 6.45) is 2.30. The molecule has 0 fully saturated rings. The Morgan fingerprint density at radius 3 is 2.30 bits per heavy atom. The molecule has 3 heteroatoms. The normalized spacial score (nSPS) is 11.1. The summed E-state index contributed by atoms with van der Waals surface area (Å²) in [4.78, 5) is 21.7. The number of aliphatic imine (C=N–C) groups is 1. The zero-order valence-electron chi connectivity index (χ0n) is 14.7. The molecule has 0 bridgehead atoms. The highest BCUT2D eigenvalue weighted by Gasteiger charge is 2.12. The van der Waals surface area contributed by atoms with Crippen molar-refractivity contribution in [2.45, 2.75) is 6.42 Å². The van der Waals surface area contributed by atoms with E-state index in [1.54, 1.807) is 6.21 Å². The first kappa shape index (κ1) is 16.9. The van der Waals surface area contributed by atoms with Crippen molar-refractivity contribution in [1.29, 1.82) is 0 Å². The fraction of sp³-hybridized carbons (Fsp3) is 0.0417. The van der Waals surface area contributed by atoms with Gasteiger partial charge in [0, 0.05) is 23.6 Å².